The highest BCUT2D eigenvalue weighted by Crippen LogP contribution is 2.38. The maximum Gasteiger partial charge on any atom is 0.0484 e. The quantitative estimate of drug-likeness (QED) is 0.444. The van der Waals surface area contributed by atoms with Crippen molar-refractivity contribution < 1.29 is 0 Å². The van der Waals surface area contributed by atoms with Crippen LogP contribution >= 0.6 is 31.9 Å². The van der Waals surface area contributed by atoms with Crippen LogP contribution in [0.5, 0.6) is 0 Å². The Bertz CT molecular complexity index is 707. The van der Waals surface area contributed by atoms with Gasteiger partial charge in [0.1, 0.15) is 0 Å². The second-order valence-corrected chi connectivity index (χ2v) is 6.75. The van der Waals surface area contributed by atoms with Crippen LogP contribution in [-0.2, 0) is 0 Å². The van der Waals surface area contributed by atoms with Crippen LogP contribution in [0.3, 0.4) is 0 Å². The monoisotopic (exact) mass is 415 g/mol. The zero-order valence-electron chi connectivity index (χ0n) is 12.1. The summed E-state index contributed by atoms with van der Waals surface area (Å²) in [6, 6.07) is 25.1. The first-order valence-electron chi connectivity index (χ1n) is 7.02. The molecule has 0 N–H and O–H groups in total. The maximum absolute atomic E-state index is 3.65. The molecule has 0 aliphatic heterocycles. The minimum absolute atomic E-state index is 1.09. The van der Waals surface area contributed by atoms with Crippen molar-refractivity contribution in [1.82, 2.24) is 0 Å². The van der Waals surface area contributed by atoms with E-state index in [2.05, 4.69) is 104 Å². The van der Waals surface area contributed by atoms with Gasteiger partial charge in [-0.15, -0.1) is 0 Å². The van der Waals surface area contributed by atoms with Gasteiger partial charge < -0.3 is 4.90 Å². The van der Waals surface area contributed by atoms with E-state index in [0.717, 1.165) is 26.0 Å². The normalized spacial score (nSPS) is 10.5. The van der Waals surface area contributed by atoms with Crippen LogP contribution in [-0.4, -0.2) is 0 Å². The van der Waals surface area contributed by atoms with Crippen LogP contribution in [0.2, 0.25) is 0 Å². The predicted molar refractivity (Wildman–Crippen MR) is 101 cm³/mol. The molecule has 0 spiro atoms. The van der Waals surface area contributed by atoms with Gasteiger partial charge in [0.2, 0.25) is 0 Å². The van der Waals surface area contributed by atoms with E-state index in [9.17, 15) is 0 Å². The molecule has 0 aliphatic rings. The Hall–Kier alpha value is -1.58. The fourth-order valence-electron chi connectivity index (χ4n) is 2.36. The molecule has 3 rings (SSSR count). The topological polar surface area (TPSA) is 3.24 Å². The molecule has 0 radical (unpaired) electrons. The molecule has 110 valence electrons. The number of halogens is 2. The second kappa shape index (κ2) is 6.67. The lowest BCUT2D eigenvalue weighted by Crippen LogP contribution is -2.10. The van der Waals surface area contributed by atoms with Gasteiger partial charge >= 0.3 is 0 Å². The van der Waals surface area contributed by atoms with E-state index in [0.29, 0.717) is 0 Å². The van der Waals surface area contributed by atoms with Crippen molar-refractivity contribution in [1.29, 1.82) is 0 Å². The third-order valence-electron chi connectivity index (χ3n) is 3.55. The standard InChI is InChI=1S/C19H15Br2N/c1-14-18(20)12-17(13-19(14)21)22(15-8-4-2-5-9-15)16-10-6-3-7-11-16/h2-13H,1H3. The molecule has 0 fully saturated rings. The van der Waals surface area contributed by atoms with Gasteiger partial charge in [-0.1, -0.05) is 68.3 Å². The molecular weight excluding hydrogens is 402 g/mol. The molecule has 0 aromatic heterocycles. The molecule has 0 amide bonds. The van der Waals surface area contributed by atoms with Crippen molar-refractivity contribution in [3.8, 4) is 0 Å². The summed E-state index contributed by atoms with van der Waals surface area (Å²) in [7, 11) is 0. The molecule has 0 atom stereocenters. The SMILES string of the molecule is Cc1c(Br)cc(N(c2ccccc2)c2ccccc2)cc1Br. The maximum atomic E-state index is 3.65. The number of hydrogen-bond donors (Lipinski definition) is 0. The average Bonchev–Trinajstić information content (AvgIpc) is 2.55. The predicted octanol–water partition coefficient (Wildman–Crippen LogP) is 6.99. The molecular formula is C19H15Br2N. The number of para-hydroxylation sites is 2. The lowest BCUT2D eigenvalue weighted by molar-refractivity contribution is 1.26. The van der Waals surface area contributed by atoms with Crippen molar-refractivity contribution in [3.05, 3.63) is 87.3 Å². The summed E-state index contributed by atoms with van der Waals surface area (Å²) in [5, 5.41) is 0. The van der Waals surface area contributed by atoms with E-state index in [1.54, 1.807) is 0 Å². The van der Waals surface area contributed by atoms with Gasteiger partial charge in [-0.05, 0) is 48.9 Å². The van der Waals surface area contributed by atoms with Gasteiger partial charge in [0.05, 0.1) is 0 Å². The Morgan fingerprint density at radius 3 is 1.45 bits per heavy atom. The van der Waals surface area contributed by atoms with Gasteiger partial charge in [0, 0.05) is 26.0 Å². The molecule has 0 unspecified atom stereocenters. The molecule has 3 aromatic carbocycles. The number of hydrogen-bond acceptors (Lipinski definition) is 1. The summed E-state index contributed by atoms with van der Waals surface area (Å²) in [6.07, 6.45) is 0. The van der Waals surface area contributed by atoms with Gasteiger partial charge in [-0.25, -0.2) is 0 Å². The average molecular weight is 417 g/mol. The molecule has 1 nitrogen and oxygen atoms in total. The molecule has 0 saturated heterocycles. The molecule has 0 saturated carbocycles. The van der Waals surface area contributed by atoms with E-state index in [1.807, 2.05) is 12.1 Å². The Morgan fingerprint density at radius 1 is 0.636 bits per heavy atom. The van der Waals surface area contributed by atoms with E-state index >= 15 is 0 Å². The first-order chi connectivity index (χ1) is 10.7. The van der Waals surface area contributed by atoms with E-state index < -0.39 is 0 Å². The highest BCUT2D eigenvalue weighted by molar-refractivity contribution is 9.11. The highest BCUT2D eigenvalue weighted by Gasteiger charge is 2.14. The zero-order chi connectivity index (χ0) is 15.5. The molecule has 0 heterocycles. The highest BCUT2D eigenvalue weighted by atomic mass is 79.9. The Morgan fingerprint density at radius 2 is 1.05 bits per heavy atom. The van der Waals surface area contributed by atoms with E-state index in [1.165, 1.54) is 5.56 Å². The molecule has 22 heavy (non-hydrogen) atoms. The number of nitrogens with zero attached hydrogens (tertiary/aromatic N) is 1. The van der Waals surface area contributed by atoms with Gasteiger partial charge in [0.25, 0.3) is 0 Å². The smallest absolute Gasteiger partial charge is 0.0484 e. The minimum atomic E-state index is 1.09. The van der Waals surface area contributed by atoms with Gasteiger partial charge in [-0.2, -0.15) is 0 Å². The lowest BCUT2D eigenvalue weighted by atomic mass is 10.1. The summed E-state index contributed by atoms with van der Waals surface area (Å²) >= 11 is 7.31. The first-order valence-corrected chi connectivity index (χ1v) is 8.61. The largest absolute Gasteiger partial charge is 0.310 e. The third-order valence-corrected chi connectivity index (χ3v) is 5.20. The van der Waals surface area contributed by atoms with Crippen LogP contribution in [0.1, 0.15) is 5.56 Å². The molecule has 0 bridgehead atoms. The summed E-state index contributed by atoms with van der Waals surface area (Å²) in [5.41, 5.74) is 4.58. The van der Waals surface area contributed by atoms with Crippen LogP contribution in [0.4, 0.5) is 17.1 Å². The van der Waals surface area contributed by atoms with Crippen LogP contribution in [0.25, 0.3) is 0 Å². The zero-order valence-corrected chi connectivity index (χ0v) is 15.3. The van der Waals surface area contributed by atoms with Gasteiger partial charge in [-0.3, -0.25) is 0 Å². The fourth-order valence-corrected chi connectivity index (χ4v) is 3.52. The third kappa shape index (κ3) is 3.11. The summed E-state index contributed by atoms with van der Waals surface area (Å²) in [5.74, 6) is 0. The van der Waals surface area contributed by atoms with Crippen molar-refractivity contribution in [2.24, 2.45) is 0 Å². The lowest BCUT2D eigenvalue weighted by Gasteiger charge is -2.26. The van der Waals surface area contributed by atoms with Crippen molar-refractivity contribution in [3.63, 3.8) is 0 Å². The minimum Gasteiger partial charge on any atom is -0.310 e. The fraction of sp³-hybridized carbons (Fsp3) is 0.0526. The van der Waals surface area contributed by atoms with Crippen LogP contribution in [0.15, 0.2) is 81.7 Å². The summed E-state index contributed by atoms with van der Waals surface area (Å²) in [6.45, 7) is 2.09. The second-order valence-electron chi connectivity index (χ2n) is 5.04. The number of benzene rings is 3. The van der Waals surface area contributed by atoms with Crippen molar-refractivity contribution in [2.75, 3.05) is 4.90 Å². The van der Waals surface area contributed by atoms with Crippen LogP contribution in [0, 0.1) is 6.92 Å². The summed E-state index contributed by atoms with van der Waals surface area (Å²) < 4.78 is 2.18. The molecule has 0 aliphatic carbocycles. The number of rotatable bonds is 3. The number of anilines is 3. The van der Waals surface area contributed by atoms with Crippen LogP contribution < -0.4 is 4.90 Å². The van der Waals surface area contributed by atoms with Crippen molar-refractivity contribution in [2.45, 2.75) is 6.92 Å². The van der Waals surface area contributed by atoms with Crippen molar-refractivity contribution >= 4 is 48.9 Å². The van der Waals surface area contributed by atoms with E-state index in [4.69, 9.17) is 0 Å². The van der Waals surface area contributed by atoms with Gasteiger partial charge in [0.15, 0.2) is 0 Å². The summed E-state index contributed by atoms with van der Waals surface area (Å²) in [4.78, 5) is 2.24. The van der Waals surface area contributed by atoms with E-state index in [-0.39, 0.29) is 0 Å². The Balaban J connectivity index is 2.19. The molecule has 3 heteroatoms. The first kappa shape index (κ1) is 15.3. The Kier molecular flexibility index (Phi) is 4.65. The molecule has 3 aromatic rings. The Labute approximate surface area is 147 Å².